The Labute approximate surface area is 158 Å². The molecule has 1 saturated carbocycles. The van der Waals surface area contributed by atoms with Crippen LogP contribution in [0.4, 0.5) is 4.79 Å². The number of aryl methyl sites for hydroxylation is 1. The second-order valence-electron chi connectivity index (χ2n) is 7.40. The topological polar surface area (TPSA) is 81.8 Å². The van der Waals surface area contributed by atoms with Crippen LogP contribution in [0.1, 0.15) is 36.9 Å². The van der Waals surface area contributed by atoms with E-state index in [9.17, 15) is 14.4 Å². The van der Waals surface area contributed by atoms with Crippen molar-refractivity contribution in [1.29, 1.82) is 0 Å². The third-order valence-electron chi connectivity index (χ3n) is 5.30. The Morgan fingerprint density at radius 1 is 1.22 bits per heavy atom. The fourth-order valence-electron chi connectivity index (χ4n) is 3.69. The maximum atomic E-state index is 13.1. The van der Waals surface area contributed by atoms with Gasteiger partial charge in [-0.2, -0.15) is 0 Å². The normalized spacial score (nSPS) is 22.1. The zero-order valence-electron chi connectivity index (χ0n) is 15.6. The molecule has 4 amide bonds. The Balaban J connectivity index is 1.62. The van der Waals surface area contributed by atoms with Gasteiger partial charge in [-0.25, -0.2) is 4.79 Å². The first kappa shape index (κ1) is 17.6. The smallest absolute Gasteiger partial charge is 0.322 e. The molecule has 0 spiro atoms. The predicted octanol–water partition coefficient (Wildman–Crippen LogP) is 1.46. The van der Waals surface area contributed by atoms with Gasteiger partial charge in [0.05, 0.1) is 23.9 Å². The van der Waals surface area contributed by atoms with Gasteiger partial charge in [-0.15, -0.1) is 0 Å². The average Bonchev–Trinajstić information content (AvgIpc) is 3.39. The van der Waals surface area contributed by atoms with Crippen molar-refractivity contribution in [3.63, 3.8) is 0 Å². The number of amides is 4. The monoisotopic (exact) mass is 368 g/mol. The van der Waals surface area contributed by atoms with Crippen molar-refractivity contribution in [2.24, 2.45) is 0 Å². The summed E-state index contributed by atoms with van der Waals surface area (Å²) in [6.07, 6.45) is 2.01. The average molecular weight is 368 g/mol. The van der Waals surface area contributed by atoms with Crippen LogP contribution in [0.25, 0.3) is 0 Å². The molecule has 2 aliphatic heterocycles. The molecular weight excluding hydrogens is 344 g/mol. The number of rotatable bonds is 5. The lowest BCUT2D eigenvalue weighted by Gasteiger charge is -2.32. The molecule has 0 radical (unpaired) electrons. The highest BCUT2D eigenvalue weighted by atomic mass is 16.2. The first-order valence-electron chi connectivity index (χ1n) is 9.44. The molecule has 1 aromatic rings. The van der Waals surface area contributed by atoms with Crippen LogP contribution in [0.2, 0.25) is 0 Å². The second kappa shape index (κ2) is 6.72. The van der Waals surface area contributed by atoms with Gasteiger partial charge in [0.2, 0.25) is 5.91 Å². The highest BCUT2D eigenvalue weighted by Crippen LogP contribution is 2.36. The summed E-state index contributed by atoms with van der Waals surface area (Å²) in [5.74, 6) is -0.320. The van der Waals surface area contributed by atoms with Gasteiger partial charge in [-0.05, 0) is 32.3 Å². The molecule has 0 saturated heterocycles. The van der Waals surface area contributed by atoms with Crippen LogP contribution >= 0.6 is 0 Å². The lowest BCUT2D eigenvalue weighted by atomic mass is 9.95. The van der Waals surface area contributed by atoms with Crippen LogP contribution in [0.3, 0.4) is 0 Å². The van der Waals surface area contributed by atoms with Crippen LogP contribution < -0.4 is 10.6 Å². The maximum Gasteiger partial charge on any atom is 0.322 e. The van der Waals surface area contributed by atoms with Crippen LogP contribution in [0.5, 0.6) is 0 Å². The summed E-state index contributed by atoms with van der Waals surface area (Å²) >= 11 is 0. The van der Waals surface area contributed by atoms with Crippen molar-refractivity contribution >= 4 is 17.8 Å². The first-order chi connectivity index (χ1) is 13.0. The SMILES string of the molecule is CCN1C(=O)N[C@H](c2ccc(C)cc2)C2=C1CN(CC(=O)NC1CC1)C2=O. The maximum absolute atomic E-state index is 13.1. The van der Waals surface area contributed by atoms with Gasteiger partial charge in [0.15, 0.2) is 0 Å². The summed E-state index contributed by atoms with van der Waals surface area (Å²) in [5.41, 5.74) is 3.26. The number of carbonyl (C=O) groups is 3. The molecule has 142 valence electrons. The summed E-state index contributed by atoms with van der Waals surface area (Å²) in [6.45, 7) is 4.66. The van der Waals surface area contributed by atoms with Crippen molar-refractivity contribution in [1.82, 2.24) is 20.4 Å². The highest BCUT2D eigenvalue weighted by Gasteiger charge is 2.44. The summed E-state index contributed by atoms with van der Waals surface area (Å²) in [6, 6.07) is 7.36. The van der Waals surface area contributed by atoms with Crippen molar-refractivity contribution in [2.75, 3.05) is 19.6 Å². The number of benzene rings is 1. The fourth-order valence-corrected chi connectivity index (χ4v) is 3.69. The van der Waals surface area contributed by atoms with Gasteiger partial charge < -0.3 is 15.5 Å². The molecule has 7 heteroatoms. The minimum Gasteiger partial charge on any atom is -0.352 e. The molecule has 1 aromatic carbocycles. The van der Waals surface area contributed by atoms with E-state index in [0.29, 0.717) is 17.8 Å². The number of urea groups is 1. The lowest BCUT2D eigenvalue weighted by molar-refractivity contribution is -0.132. The number of nitrogens with one attached hydrogen (secondary N) is 2. The minimum atomic E-state index is -0.486. The molecule has 1 fully saturated rings. The van der Waals surface area contributed by atoms with E-state index in [1.54, 1.807) is 4.90 Å². The summed E-state index contributed by atoms with van der Waals surface area (Å²) < 4.78 is 0. The number of hydrogen-bond acceptors (Lipinski definition) is 3. The van der Waals surface area contributed by atoms with Gasteiger partial charge in [-0.1, -0.05) is 29.8 Å². The Morgan fingerprint density at radius 2 is 1.93 bits per heavy atom. The van der Waals surface area contributed by atoms with E-state index in [1.165, 1.54) is 4.90 Å². The fraction of sp³-hybridized carbons (Fsp3) is 0.450. The van der Waals surface area contributed by atoms with Crippen molar-refractivity contribution in [2.45, 2.75) is 38.8 Å². The van der Waals surface area contributed by atoms with Gasteiger partial charge in [0.25, 0.3) is 5.91 Å². The zero-order chi connectivity index (χ0) is 19.1. The molecule has 2 N–H and O–H groups in total. The standard InChI is InChI=1S/C20H24N4O3/c1-3-24-15-10-23(11-16(25)21-14-8-9-14)19(26)17(15)18(22-20(24)27)13-6-4-12(2)5-7-13/h4-7,14,18H,3,8-11H2,1-2H3,(H,21,25)(H,22,27)/t18-/m1/s1. The molecular formula is C20H24N4O3. The highest BCUT2D eigenvalue weighted by molar-refractivity contribution is 6.03. The van der Waals surface area contributed by atoms with Crippen molar-refractivity contribution in [3.05, 3.63) is 46.7 Å². The molecule has 1 aliphatic carbocycles. The predicted molar refractivity (Wildman–Crippen MR) is 99.6 cm³/mol. The third kappa shape index (κ3) is 3.29. The van der Waals surface area contributed by atoms with E-state index < -0.39 is 6.04 Å². The van der Waals surface area contributed by atoms with Gasteiger partial charge >= 0.3 is 6.03 Å². The number of nitrogens with zero attached hydrogens (tertiary/aromatic N) is 2. The van der Waals surface area contributed by atoms with E-state index >= 15 is 0 Å². The molecule has 0 bridgehead atoms. The van der Waals surface area contributed by atoms with E-state index in [1.807, 2.05) is 38.1 Å². The van der Waals surface area contributed by atoms with Crippen LogP contribution in [0, 0.1) is 6.92 Å². The Kier molecular flexibility index (Phi) is 4.37. The largest absolute Gasteiger partial charge is 0.352 e. The first-order valence-corrected chi connectivity index (χ1v) is 9.44. The molecule has 27 heavy (non-hydrogen) atoms. The van der Waals surface area contributed by atoms with Crippen LogP contribution in [-0.4, -0.2) is 53.3 Å². The Hall–Kier alpha value is -2.83. The molecule has 1 atom stereocenters. The molecule has 7 nitrogen and oxygen atoms in total. The summed E-state index contributed by atoms with van der Waals surface area (Å²) in [7, 11) is 0. The number of likely N-dealkylation sites (N-methyl/N-ethyl adjacent to an activating group) is 1. The van der Waals surface area contributed by atoms with Crippen LogP contribution in [-0.2, 0) is 9.59 Å². The number of carbonyl (C=O) groups excluding carboxylic acids is 3. The van der Waals surface area contributed by atoms with Gasteiger partial charge in [0.1, 0.15) is 6.54 Å². The Morgan fingerprint density at radius 3 is 2.56 bits per heavy atom. The van der Waals surface area contributed by atoms with Crippen LogP contribution in [0.15, 0.2) is 35.5 Å². The van der Waals surface area contributed by atoms with E-state index in [4.69, 9.17) is 0 Å². The molecule has 2 heterocycles. The Bertz CT molecular complexity index is 826. The number of hydrogen-bond donors (Lipinski definition) is 2. The molecule has 3 aliphatic rings. The zero-order valence-corrected chi connectivity index (χ0v) is 15.6. The molecule has 4 rings (SSSR count). The summed E-state index contributed by atoms with van der Waals surface area (Å²) in [4.78, 5) is 41.0. The minimum absolute atomic E-state index is 0.0225. The third-order valence-corrected chi connectivity index (χ3v) is 5.30. The van der Waals surface area contributed by atoms with Crippen molar-refractivity contribution in [3.8, 4) is 0 Å². The second-order valence-corrected chi connectivity index (χ2v) is 7.40. The summed E-state index contributed by atoms with van der Waals surface area (Å²) in [5, 5.41) is 5.87. The molecule has 0 aromatic heterocycles. The van der Waals surface area contributed by atoms with Crippen molar-refractivity contribution < 1.29 is 14.4 Å². The molecule has 0 unspecified atom stereocenters. The quantitative estimate of drug-likeness (QED) is 0.825. The van der Waals surface area contributed by atoms with Gasteiger partial charge in [-0.3, -0.25) is 14.5 Å². The lowest BCUT2D eigenvalue weighted by Crippen LogP contribution is -2.47. The van der Waals surface area contributed by atoms with E-state index in [-0.39, 0.29) is 37.0 Å². The van der Waals surface area contributed by atoms with E-state index in [2.05, 4.69) is 10.6 Å². The van der Waals surface area contributed by atoms with E-state index in [0.717, 1.165) is 24.0 Å². The van der Waals surface area contributed by atoms with Gasteiger partial charge in [0, 0.05) is 12.6 Å².